The molecule has 2 fully saturated rings. The van der Waals surface area contributed by atoms with Gasteiger partial charge in [-0.25, -0.2) is 4.98 Å². The highest BCUT2D eigenvalue weighted by molar-refractivity contribution is 5.81. The maximum atomic E-state index is 12.9. The molecule has 0 radical (unpaired) electrons. The van der Waals surface area contributed by atoms with Crippen LogP contribution in [-0.4, -0.2) is 30.2 Å². The predicted molar refractivity (Wildman–Crippen MR) is 122 cm³/mol. The Morgan fingerprint density at radius 3 is 2.80 bits per heavy atom. The summed E-state index contributed by atoms with van der Waals surface area (Å²) in [5.74, 6) is 0.211. The van der Waals surface area contributed by atoms with Gasteiger partial charge in [-0.05, 0) is 61.9 Å². The van der Waals surface area contributed by atoms with Gasteiger partial charge in [-0.1, -0.05) is 12.1 Å². The first-order valence-electron chi connectivity index (χ1n) is 11.8. The smallest absolute Gasteiger partial charge is 0.387 e. The summed E-state index contributed by atoms with van der Waals surface area (Å²) in [7, 11) is 0. The highest BCUT2D eigenvalue weighted by atomic mass is 19.3. The molecule has 1 aliphatic heterocycles. The van der Waals surface area contributed by atoms with Gasteiger partial charge in [-0.15, -0.1) is 0 Å². The largest absolute Gasteiger partial charge is 0.487 e. The van der Waals surface area contributed by atoms with E-state index in [1.807, 2.05) is 0 Å². The van der Waals surface area contributed by atoms with Gasteiger partial charge >= 0.3 is 6.61 Å². The van der Waals surface area contributed by atoms with E-state index in [9.17, 15) is 18.8 Å². The van der Waals surface area contributed by atoms with Gasteiger partial charge in [-0.2, -0.15) is 14.0 Å². The molecule has 7 nitrogen and oxygen atoms in total. The van der Waals surface area contributed by atoms with Crippen LogP contribution in [0.5, 0.6) is 11.5 Å². The van der Waals surface area contributed by atoms with Crippen LogP contribution in [0.2, 0.25) is 0 Å². The van der Waals surface area contributed by atoms with E-state index in [-0.39, 0.29) is 29.6 Å². The third kappa shape index (κ3) is 5.06. The molecule has 2 aromatic carbocycles. The number of amides is 1. The lowest BCUT2D eigenvalue weighted by Gasteiger charge is -2.29. The monoisotopic (exact) mass is 481 g/mol. The number of aromatic nitrogens is 1. The minimum atomic E-state index is -2.94. The lowest BCUT2D eigenvalue weighted by molar-refractivity contribution is -0.127. The average molecular weight is 481 g/mol. The van der Waals surface area contributed by atoms with Crippen LogP contribution in [0.15, 0.2) is 40.8 Å². The standard InChI is InChI=1S/C26H25F2N3O4/c27-26(28)35-20-9-8-15(11-22(20)33-19-5-1-2-6-19)18-10-17(25(32)30-14-18)12-23-31-24-16(13-29)4-3-7-21(24)34-23/h3-4,7-9,11,17-19,26H,1-2,5-6,10,12,14H2,(H,30,32)/t17-,18+/m0/s1. The molecule has 3 aromatic rings. The van der Waals surface area contributed by atoms with Gasteiger partial charge in [0, 0.05) is 24.8 Å². The highest BCUT2D eigenvalue weighted by Gasteiger charge is 2.32. The number of benzene rings is 2. The summed E-state index contributed by atoms with van der Waals surface area (Å²) in [6.45, 7) is -2.51. The van der Waals surface area contributed by atoms with Crippen molar-refractivity contribution in [2.75, 3.05) is 6.54 Å². The number of nitriles is 1. The second-order valence-corrected chi connectivity index (χ2v) is 9.06. The maximum Gasteiger partial charge on any atom is 0.387 e. The molecular weight excluding hydrogens is 456 g/mol. The number of ether oxygens (including phenoxy) is 2. The zero-order valence-electron chi connectivity index (χ0n) is 19.0. The number of carbonyl (C=O) groups is 1. The van der Waals surface area contributed by atoms with E-state index in [4.69, 9.17) is 13.9 Å². The second kappa shape index (κ2) is 9.90. The van der Waals surface area contributed by atoms with Crippen LogP contribution in [0.25, 0.3) is 11.1 Å². The van der Waals surface area contributed by atoms with Crippen molar-refractivity contribution in [3.63, 3.8) is 0 Å². The minimum absolute atomic E-state index is 0.0125. The van der Waals surface area contributed by atoms with Crippen molar-refractivity contribution in [2.45, 2.75) is 57.2 Å². The molecule has 1 saturated heterocycles. The first-order chi connectivity index (χ1) is 17.0. The number of halogens is 2. The Hall–Kier alpha value is -3.67. The zero-order chi connectivity index (χ0) is 24.4. The number of rotatable bonds is 7. The normalized spacial score (nSPS) is 20.7. The zero-order valence-corrected chi connectivity index (χ0v) is 19.0. The van der Waals surface area contributed by atoms with Gasteiger partial charge in [0.15, 0.2) is 23.0 Å². The molecule has 1 aromatic heterocycles. The minimum Gasteiger partial charge on any atom is -0.487 e. The molecule has 5 rings (SSSR count). The molecule has 1 N–H and O–H groups in total. The van der Waals surface area contributed by atoms with Crippen LogP contribution in [0.4, 0.5) is 8.78 Å². The van der Waals surface area contributed by atoms with E-state index in [0.29, 0.717) is 47.7 Å². The van der Waals surface area contributed by atoms with E-state index in [0.717, 1.165) is 31.2 Å². The Morgan fingerprint density at radius 2 is 2.03 bits per heavy atom. The third-order valence-corrected chi connectivity index (χ3v) is 6.72. The van der Waals surface area contributed by atoms with E-state index >= 15 is 0 Å². The van der Waals surface area contributed by atoms with E-state index in [2.05, 4.69) is 16.4 Å². The van der Waals surface area contributed by atoms with Gasteiger partial charge in [-0.3, -0.25) is 4.79 Å². The lowest BCUT2D eigenvalue weighted by Crippen LogP contribution is -2.41. The molecule has 1 saturated carbocycles. The quantitative estimate of drug-likeness (QED) is 0.505. The first kappa shape index (κ1) is 23.1. The summed E-state index contributed by atoms with van der Waals surface area (Å²) in [6, 6.07) is 12.3. The highest BCUT2D eigenvalue weighted by Crippen LogP contribution is 2.38. The van der Waals surface area contributed by atoms with Crippen molar-refractivity contribution in [2.24, 2.45) is 5.92 Å². The molecule has 9 heteroatoms. The molecular formula is C26H25F2N3O4. The number of piperidine rings is 1. The Bertz CT molecular complexity index is 1260. The number of hydrogen-bond acceptors (Lipinski definition) is 6. The molecule has 2 atom stereocenters. The predicted octanol–water partition coefficient (Wildman–Crippen LogP) is 5.08. The summed E-state index contributed by atoms with van der Waals surface area (Å²) in [6.07, 6.45) is 4.69. The summed E-state index contributed by atoms with van der Waals surface area (Å²) in [5.41, 5.74) is 2.30. The molecule has 2 heterocycles. The van der Waals surface area contributed by atoms with Crippen LogP contribution in [-0.2, 0) is 11.2 Å². The molecule has 1 amide bonds. The number of oxazole rings is 1. The van der Waals surface area contributed by atoms with Crippen molar-refractivity contribution >= 4 is 17.0 Å². The van der Waals surface area contributed by atoms with Crippen molar-refractivity contribution in [1.82, 2.24) is 10.3 Å². The second-order valence-electron chi connectivity index (χ2n) is 9.06. The fourth-order valence-electron chi connectivity index (χ4n) is 4.96. The Morgan fingerprint density at radius 1 is 1.20 bits per heavy atom. The maximum absolute atomic E-state index is 12.9. The molecule has 1 aliphatic carbocycles. The molecule has 182 valence electrons. The van der Waals surface area contributed by atoms with Crippen molar-refractivity contribution in [3.05, 3.63) is 53.4 Å². The van der Waals surface area contributed by atoms with Crippen LogP contribution >= 0.6 is 0 Å². The summed E-state index contributed by atoms with van der Waals surface area (Å²) in [5, 5.41) is 12.2. The topological polar surface area (TPSA) is 97.4 Å². The molecule has 2 aliphatic rings. The van der Waals surface area contributed by atoms with Crippen LogP contribution < -0.4 is 14.8 Å². The van der Waals surface area contributed by atoms with E-state index in [1.54, 1.807) is 30.3 Å². The summed E-state index contributed by atoms with van der Waals surface area (Å²) in [4.78, 5) is 17.1. The van der Waals surface area contributed by atoms with Gasteiger partial charge < -0.3 is 19.2 Å². The molecule has 0 unspecified atom stereocenters. The van der Waals surface area contributed by atoms with Gasteiger partial charge in [0.1, 0.15) is 11.6 Å². The van der Waals surface area contributed by atoms with Crippen molar-refractivity contribution in [1.29, 1.82) is 5.26 Å². The summed E-state index contributed by atoms with van der Waals surface area (Å²) >= 11 is 0. The number of para-hydroxylation sites is 1. The van der Waals surface area contributed by atoms with Crippen molar-refractivity contribution < 1.29 is 27.5 Å². The van der Waals surface area contributed by atoms with Crippen LogP contribution in [0.3, 0.4) is 0 Å². The van der Waals surface area contributed by atoms with Gasteiger partial charge in [0.25, 0.3) is 0 Å². The third-order valence-electron chi connectivity index (χ3n) is 6.72. The van der Waals surface area contributed by atoms with Gasteiger partial charge in [0.2, 0.25) is 5.91 Å². The Kier molecular flexibility index (Phi) is 6.53. The lowest BCUT2D eigenvalue weighted by atomic mass is 9.83. The number of nitrogens with zero attached hydrogens (tertiary/aromatic N) is 2. The number of hydrogen-bond donors (Lipinski definition) is 1. The summed E-state index contributed by atoms with van der Waals surface area (Å²) < 4.78 is 42.4. The van der Waals surface area contributed by atoms with E-state index < -0.39 is 6.61 Å². The van der Waals surface area contributed by atoms with Gasteiger partial charge in [0.05, 0.1) is 11.7 Å². The number of nitrogens with one attached hydrogen (secondary N) is 1. The number of fused-ring (bicyclic) bond motifs is 1. The van der Waals surface area contributed by atoms with E-state index in [1.165, 1.54) is 6.07 Å². The van der Waals surface area contributed by atoms with Crippen LogP contribution in [0.1, 0.15) is 55.0 Å². The first-order valence-corrected chi connectivity index (χ1v) is 11.8. The Labute approximate surface area is 201 Å². The average Bonchev–Trinajstić information content (AvgIpc) is 3.50. The van der Waals surface area contributed by atoms with Crippen molar-refractivity contribution in [3.8, 4) is 17.6 Å². The molecule has 0 bridgehead atoms. The molecule has 35 heavy (non-hydrogen) atoms. The van der Waals surface area contributed by atoms with Crippen LogP contribution in [0, 0.1) is 17.2 Å². The SMILES string of the molecule is N#Cc1cccc2oc(C[C@@H]3C[C@@H](c4ccc(OC(F)F)c(OC5CCCC5)c4)CNC3=O)nc12. The Balaban J connectivity index is 1.35. The number of carbonyl (C=O) groups excluding carboxylic acids is 1. The fourth-order valence-corrected chi connectivity index (χ4v) is 4.96. The fraction of sp³-hybridized carbons (Fsp3) is 0.423. The number of alkyl halides is 2. The molecule has 0 spiro atoms.